The van der Waals surface area contributed by atoms with E-state index in [4.69, 9.17) is 10.5 Å². The standard InChI is InChI=1S/C18H27N3O3/c1-4-24-16-10-13(18(23)21(2)3)8-9-15(16)20-17(22)11-12-6-5-7-14(12)19/h8-10,12,14H,4-7,11,19H2,1-3H3,(H,20,22)/t12-,14+/m0/s1. The minimum Gasteiger partial charge on any atom is -0.492 e. The topological polar surface area (TPSA) is 84.7 Å². The van der Waals surface area contributed by atoms with Crippen molar-refractivity contribution < 1.29 is 14.3 Å². The van der Waals surface area contributed by atoms with Gasteiger partial charge in [-0.3, -0.25) is 9.59 Å². The lowest BCUT2D eigenvalue weighted by Gasteiger charge is -2.17. The SMILES string of the molecule is CCOc1cc(C(=O)N(C)C)ccc1NC(=O)C[C@@H]1CCC[C@H]1N. The molecule has 0 bridgehead atoms. The third-order valence-corrected chi connectivity index (χ3v) is 4.37. The number of hydrogen-bond donors (Lipinski definition) is 2. The maximum Gasteiger partial charge on any atom is 0.253 e. The van der Waals surface area contributed by atoms with Gasteiger partial charge in [0.05, 0.1) is 12.3 Å². The van der Waals surface area contributed by atoms with E-state index >= 15 is 0 Å². The first kappa shape index (κ1) is 18.3. The second-order valence-electron chi connectivity index (χ2n) is 6.45. The molecule has 0 aromatic heterocycles. The van der Waals surface area contributed by atoms with Gasteiger partial charge in [0, 0.05) is 32.1 Å². The van der Waals surface area contributed by atoms with Crippen LogP contribution < -0.4 is 15.8 Å². The van der Waals surface area contributed by atoms with Gasteiger partial charge in [-0.05, 0) is 43.9 Å². The summed E-state index contributed by atoms with van der Waals surface area (Å²) in [6.07, 6.45) is 3.50. The van der Waals surface area contributed by atoms with Gasteiger partial charge in [-0.2, -0.15) is 0 Å². The van der Waals surface area contributed by atoms with Gasteiger partial charge in [0.25, 0.3) is 5.91 Å². The molecule has 1 aliphatic rings. The van der Waals surface area contributed by atoms with Gasteiger partial charge in [-0.1, -0.05) is 6.42 Å². The number of nitrogens with two attached hydrogens (primary N) is 1. The van der Waals surface area contributed by atoms with Crippen molar-refractivity contribution in [1.82, 2.24) is 4.90 Å². The highest BCUT2D eigenvalue weighted by Crippen LogP contribution is 2.29. The Morgan fingerprint density at radius 3 is 2.67 bits per heavy atom. The molecule has 6 nitrogen and oxygen atoms in total. The van der Waals surface area contributed by atoms with Crippen molar-refractivity contribution in [1.29, 1.82) is 0 Å². The van der Waals surface area contributed by atoms with Crippen LogP contribution in [0.3, 0.4) is 0 Å². The van der Waals surface area contributed by atoms with Crippen LogP contribution >= 0.6 is 0 Å². The van der Waals surface area contributed by atoms with Crippen LogP contribution in [-0.4, -0.2) is 43.5 Å². The number of rotatable bonds is 6. The Morgan fingerprint density at radius 2 is 2.08 bits per heavy atom. The fourth-order valence-electron chi connectivity index (χ4n) is 3.05. The number of hydrogen-bond acceptors (Lipinski definition) is 4. The molecule has 132 valence electrons. The van der Waals surface area contributed by atoms with Gasteiger partial charge in [0.1, 0.15) is 5.75 Å². The molecule has 0 spiro atoms. The van der Waals surface area contributed by atoms with Crippen LogP contribution in [0.4, 0.5) is 5.69 Å². The summed E-state index contributed by atoms with van der Waals surface area (Å²) in [6, 6.07) is 5.20. The van der Waals surface area contributed by atoms with Crippen molar-refractivity contribution >= 4 is 17.5 Å². The smallest absolute Gasteiger partial charge is 0.253 e. The zero-order valence-electron chi connectivity index (χ0n) is 14.7. The predicted molar refractivity (Wildman–Crippen MR) is 94.2 cm³/mol. The first-order chi connectivity index (χ1) is 11.4. The molecule has 0 saturated heterocycles. The monoisotopic (exact) mass is 333 g/mol. The number of carbonyl (C=O) groups is 2. The highest BCUT2D eigenvalue weighted by molar-refractivity contribution is 5.97. The summed E-state index contributed by atoms with van der Waals surface area (Å²) in [5, 5.41) is 2.89. The highest BCUT2D eigenvalue weighted by atomic mass is 16.5. The number of benzene rings is 1. The molecule has 2 amide bonds. The molecule has 0 aliphatic heterocycles. The van der Waals surface area contributed by atoms with Crippen molar-refractivity contribution in [2.24, 2.45) is 11.7 Å². The zero-order chi connectivity index (χ0) is 17.7. The largest absolute Gasteiger partial charge is 0.492 e. The van der Waals surface area contributed by atoms with Crippen molar-refractivity contribution in [3.05, 3.63) is 23.8 Å². The van der Waals surface area contributed by atoms with E-state index in [0.717, 1.165) is 19.3 Å². The Bertz CT molecular complexity index is 601. The van der Waals surface area contributed by atoms with Crippen molar-refractivity contribution in [2.75, 3.05) is 26.0 Å². The fourth-order valence-corrected chi connectivity index (χ4v) is 3.05. The summed E-state index contributed by atoms with van der Waals surface area (Å²) >= 11 is 0. The minimum atomic E-state index is -0.106. The Kier molecular flexibility index (Phi) is 6.20. The van der Waals surface area contributed by atoms with Gasteiger partial charge in [-0.15, -0.1) is 0 Å². The summed E-state index contributed by atoms with van der Waals surface area (Å²) in [5.74, 6) is 0.583. The molecule has 3 N–H and O–H groups in total. The number of carbonyl (C=O) groups excluding carboxylic acids is 2. The Morgan fingerprint density at radius 1 is 1.33 bits per heavy atom. The van der Waals surface area contributed by atoms with Crippen LogP contribution in [0.2, 0.25) is 0 Å². The van der Waals surface area contributed by atoms with E-state index in [1.807, 2.05) is 6.92 Å². The molecule has 0 heterocycles. The Labute approximate surface area is 143 Å². The van der Waals surface area contributed by atoms with E-state index in [2.05, 4.69) is 5.32 Å². The van der Waals surface area contributed by atoms with Gasteiger partial charge >= 0.3 is 0 Å². The van der Waals surface area contributed by atoms with Crippen molar-refractivity contribution in [3.63, 3.8) is 0 Å². The van der Waals surface area contributed by atoms with Crippen LogP contribution in [0.25, 0.3) is 0 Å². The van der Waals surface area contributed by atoms with Crippen LogP contribution in [0, 0.1) is 5.92 Å². The van der Waals surface area contributed by atoms with E-state index in [0.29, 0.717) is 30.0 Å². The number of anilines is 1. The van der Waals surface area contributed by atoms with E-state index in [-0.39, 0.29) is 23.8 Å². The summed E-state index contributed by atoms with van der Waals surface area (Å²) < 4.78 is 5.59. The zero-order valence-corrected chi connectivity index (χ0v) is 14.7. The molecular formula is C18H27N3O3. The maximum absolute atomic E-state index is 12.3. The highest BCUT2D eigenvalue weighted by Gasteiger charge is 2.26. The molecule has 6 heteroatoms. The van der Waals surface area contributed by atoms with Crippen LogP contribution in [-0.2, 0) is 4.79 Å². The number of ether oxygens (including phenoxy) is 1. The lowest BCUT2D eigenvalue weighted by atomic mass is 10.00. The van der Waals surface area contributed by atoms with Gasteiger partial charge < -0.3 is 20.7 Å². The van der Waals surface area contributed by atoms with E-state index in [1.54, 1.807) is 32.3 Å². The van der Waals surface area contributed by atoms with E-state index in [1.165, 1.54) is 4.90 Å². The molecular weight excluding hydrogens is 306 g/mol. The lowest BCUT2D eigenvalue weighted by molar-refractivity contribution is -0.117. The van der Waals surface area contributed by atoms with Gasteiger partial charge in [0.2, 0.25) is 5.91 Å². The third-order valence-electron chi connectivity index (χ3n) is 4.37. The van der Waals surface area contributed by atoms with Crippen LogP contribution in [0.1, 0.15) is 43.0 Å². The summed E-state index contributed by atoms with van der Waals surface area (Å²) in [7, 11) is 3.40. The normalized spacial score (nSPS) is 19.8. The molecule has 24 heavy (non-hydrogen) atoms. The molecule has 1 aliphatic carbocycles. The first-order valence-corrected chi connectivity index (χ1v) is 8.46. The molecule has 0 unspecified atom stereocenters. The molecule has 2 atom stereocenters. The number of amides is 2. The van der Waals surface area contributed by atoms with Gasteiger partial charge in [0.15, 0.2) is 0 Å². The summed E-state index contributed by atoms with van der Waals surface area (Å²) in [6.45, 7) is 2.32. The van der Waals surface area contributed by atoms with E-state index < -0.39 is 0 Å². The van der Waals surface area contributed by atoms with Crippen LogP contribution in [0.5, 0.6) is 5.75 Å². The average Bonchev–Trinajstić information content (AvgIpc) is 2.93. The van der Waals surface area contributed by atoms with E-state index in [9.17, 15) is 9.59 Å². The van der Waals surface area contributed by atoms with Crippen molar-refractivity contribution in [2.45, 2.75) is 38.6 Å². The average molecular weight is 333 g/mol. The molecule has 1 saturated carbocycles. The minimum absolute atomic E-state index is 0.0648. The fraction of sp³-hybridized carbons (Fsp3) is 0.556. The summed E-state index contributed by atoms with van der Waals surface area (Å²) in [4.78, 5) is 25.9. The number of nitrogens with one attached hydrogen (secondary N) is 1. The molecule has 1 aromatic carbocycles. The lowest BCUT2D eigenvalue weighted by Crippen LogP contribution is -2.28. The predicted octanol–water partition coefficient (Wildman–Crippen LogP) is 2.24. The molecule has 1 fully saturated rings. The second kappa shape index (κ2) is 8.15. The second-order valence-corrected chi connectivity index (χ2v) is 6.45. The van der Waals surface area contributed by atoms with Crippen molar-refractivity contribution in [3.8, 4) is 5.75 Å². The molecule has 1 aromatic rings. The maximum atomic E-state index is 12.3. The first-order valence-electron chi connectivity index (χ1n) is 8.46. The van der Waals surface area contributed by atoms with Crippen LogP contribution in [0.15, 0.2) is 18.2 Å². The van der Waals surface area contributed by atoms with Gasteiger partial charge in [-0.25, -0.2) is 0 Å². The third kappa shape index (κ3) is 4.47. The number of nitrogens with zero attached hydrogens (tertiary/aromatic N) is 1. The quantitative estimate of drug-likeness (QED) is 0.836. The Balaban J connectivity index is 2.10. The Hall–Kier alpha value is -2.08. The molecule has 2 rings (SSSR count). The summed E-state index contributed by atoms with van der Waals surface area (Å²) in [5.41, 5.74) is 7.15. The molecule has 0 radical (unpaired) electrons.